The average molecular weight is 1070 g/mol. The fraction of sp³-hybridized carbons (Fsp3) is 0.793. The Balaban J connectivity index is 0.00000353. The predicted molar refractivity (Wildman–Crippen MR) is 145 cm³/mol. The molecule has 1 amide bonds. The van der Waals surface area contributed by atoms with Crippen LogP contribution in [-0.4, -0.2) is 116 Å². The SMILES string of the molecule is CCOC(=O)N[C@@H](C)[C@@H](O)C(=O)OC1C[C@@]2(O)[C@@H](OC(C)=O)[C@@H]3[C@]4(O)CO[C@@H]4C[C@H](O)[C@@]3(C)C(=O)[C@H](O)C(=C1C)C2(C)C.[Ac].[Ac]. The number of Topliss-reactive ketones (excluding diaryl/α,β-unsaturated/α-hetero) is 1. The molecular formula is C29H43Ac2NO13. The molecule has 0 aromatic rings. The monoisotopic (exact) mass is 1070 g/mol. The third-order valence-corrected chi connectivity index (χ3v) is 10.3. The Labute approximate surface area is 333 Å². The third-order valence-electron chi connectivity index (χ3n) is 10.3. The number of aliphatic hydroxyl groups is 5. The average Bonchev–Trinajstić information content (AvgIpc) is 2.90. The summed E-state index contributed by atoms with van der Waals surface area (Å²) in [7, 11) is 0. The zero-order valence-electron chi connectivity index (χ0n) is 26.6. The van der Waals surface area contributed by atoms with Gasteiger partial charge >= 0.3 is 18.0 Å². The van der Waals surface area contributed by atoms with Gasteiger partial charge in [-0.05, 0) is 38.8 Å². The number of carbonyl (C=O) groups is 4. The molecule has 1 aliphatic heterocycles. The van der Waals surface area contributed by atoms with Crippen molar-refractivity contribution in [2.45, 2.75) is 115 Å². The maximum absolute atomic E-state index is 14.2. The van der Waals surface area contributed by atoms with Crippen molar-refractivity contribution in [3.05, 3.63) is 11.1 Å². The van der Waals surface area contributed by atoms with Crippen molar-refractivity contribution < 1.29 is 152 Å². The molecule has 14 nitrogen and oxygen atoms in total. The van der Waals surface area contributed by atoms with Crippen LogP contribution in [0.2, 0.25) is 0 Å². The van der Waals surface area contributed by atoms with Crippen molar-refractivity contribution in [3.8, 4) is 0 Å². The number of rotatable bonds is 6. The number of nitrogens with one attached hydrogen (secondary N) is 1. The Hall–Kier alpha value is 0.263. The number of hydrogen-bond acceptors (Lipinski definition) is 13. The number of aliphatic hydroxyl groups excluding tert-OH is 3. The Morgan fingerprint density at radius 2 is 1.71 bits per heavy atom. The van der Waals surface area contributed by atoms with E-state index >= 15 is 0 Å². The summed E-state index contributed by atoms with van der Waals surface area (Å²) in [4.78, 5) is 51.6. The summed E-state index contributed by atoms with van der Waals surface area (Å²) in [5.74, 6) is -4.33. The Kier molecular flexibility index (Phi) is 13.5. The molecule has 0 aromatic carbocycles. The van der Waals surface area contributed by atoms with Gasteiger partial charge in [-0.2, -0.15) is 0 Å². The van der Waals surface area contributed by atoms with Gasteiger partial charge in [0.15, 0.2) is 11.9 Å². The van der Waals surface area contributed by atoms with Gasteiger partial charge in [-0.15, -0.1) is 0 Å². The zero-order valence-corrected chi connectivity index (χ0v) is 36.1. The van der Waals surface area contributed by atoms with E-state index in [0.717, 1.165) is 6.92 Å². The molecule has 1 unspecified atom stereocenters. The molecule has 1 heterocycles. The molecule has 2 radical (unpaired) electrons. The molecule has 0 spiro atoms. The second-order valence-corrected chi connectivity index (χ2v) is 13.0. The van der Waals surface area contributed by atoms with Crippen molar-refractivity contribution in [1.82, 2.24) is 5.32 Å². The molecule has 3 fully saturated rings. The maximum Gasteiger partial charge on any atom is 0.407 e. The number of carbonyl (C=O) groups excluding carboxylic acids is 4. The van der Waals surface area contributed by atoms with Crippen molar-refractivity contribution in [3.63, 3.8) is 0 Å². The van der Waals surface area contributed by atoms with E-state index in [2.05, 4.69) is 5.32 Å². The number of ketones is 1. The van der Waals surface area contributed by atoms with Crippen LogP contribution in [0, 0.1) is 105 Å². The second-order valence-electron chi connectivity index (χ2n) is 13.0. The van der Waals surface area contributed by atoms with E-state index in [0.29, 0.717) is 0 Å². The molecule has 0 aromatic heterocycles. The Morgan fingerprint density at radius 1 is 1.11 bits per heavy atom. The van der Waals surface area contributed by atoms with E-state index in [1.807, 2.05) is 0 Å². The van der Waals surface area contributed by atoms with Crippen LogP contribution in [0.5, 0.6) is 0 Å². The first-order valence-corrected chi connectivity index (χ1v) is 14.5. The van der Waals surface area contributed by atoms with Crippen LogP contribution in [0.4, 0.5) is 4.79 Å². The van der Waals surface area contributed by atoms with Crippen LogP contribution in [0.25, 0.3) is 0 Å². The molecule has 6 N–H and O–H groups in total. The van der Waals surface area contributed by atoms with E-state index in [1.165, 1.54) is 34.6 Å². The molecule has 2 saturated carbocycles. The zero-order chi connectivity index (χ0) is 32.4. The molecule has 2 bridgehead atoms. The van der Waals surface area contributed by atoms with E-state index in [9.17, 15) is 44.7 Å². The van der Waals surface area contributed by atoms with Crippen LogP contribution in [0.1, 0.15) is 61.3 Å². The first-order chi connectivity index (χ1) is 19.8. The first-order valence-electron chi connectivity index (χ1n) is 14.5. The quantitative estimate of drug-likeness (QED) is 0.110. The molecule has 4 aliphatic rings. The Morgan fingerprint density at radius 3 is 2.22 bits per heavy atom. The molecule has 45 heavy (non-hydrogen) atoms. The Bertz CT molecular complexity index is 1230. The van der Waals surface area contributed by atoms with Gasteiger partial charge < -0.3 is 49.8 Å². The standard InChI is InChI=1S/C29H43NO13.2Ac/c1-8-40-25(37)30-13(3)19(33)24(36)43-15-10-29(39)23(42-14(4)31)21-27(7,16(32)9-17-28(21,38)11-41-17)22(35)20(34)18(12(15)2)26(29,5)6;;/h13,15-17,19-21,23,32-34,38-39H,8-11H2,1-7H3,(H,30,37);;/t13-,15?,16-,17+,19+,20+,21-,23-,27+,28-,29+;;/m0../s1. The van der Waals surface area contributed by atoms with Crippen LogP contribution in [0.15, 0.2) is 11.1 Å². The number of fused-ring (bicyclic) bond motifs is 5. The minimum Gasteiger partial charge on any atom is -0.459 e. The van der Waals surface area contributed by atoms with Gasteiger partial charge in [-0.3, -0.25) is 9.59 Å². The third kappa shape index (κ3) is 6.62. The number of alkyl carbamates (subject to hydrolysis) is 1. The topological polar surface area (TPSA) is 218 Å². The van der Waals surface area contributed by atoms with E-state index < -0.39 is 101 Å². The minimum atomic E-state index is -2.20. The van der Waals surface area contributed by atoms with Crippen LogP contribution in [-0.2, 0) is 33.3 Å². The smallest absolute Gasteiger partial charge is 0.407 e. The van der Waals surface area contributed by atoms with E-state index in [4.69, 9.17) is 18.9 Å². The predicted octanol–water partition coefficient (Wildman–Crippen LogP) is -0.736. The van der Waals surface area contributed by atoms with Crippen LogP contribution < -0.4 is 5.32 Å². The van der Waals surface area contributed by atoms with Gasteiger partial charge in [0, 0.05) is 119 Å². The van der Waals surface area contributed by atoms with Gasteiger partial charge in [0.05, 0.1) is 36.9 Å². The van der Waals surface area contributed by atoms with Crippen molar-refractivity contribution in [1.29, 1.82) is 0 Å². The summed E-state index contributed by atoms with van der Waals surface area (Å²) >= 11 is 0. The first kappa shape index (κ1) is 41.4. The molecular weight excluding hydrogens is 1020 g/mol. The number of ether oxygens (including phenoxy) is 4. The summed E-state index contributed by atoms with van der Waals surface area (Å²) in [6.07, 6.45) is -10.6. The van der Waals surface area contributed by atoms with Gasteiger partial charge in [-0.1, -0.05) is 13.8 Å². The second kappa shape index (κ2) is 14.6. The molecule has 16 heteroatoms. The minimum absolute atomic E-state index is 0. The summed E-state index contributed by atoms with van der Waals surface area (Å²) in [5.41, 5.74) is -7.22. The van der Waals surface area contributed by atoms with Gasteiger partial charge in [-0.25, -0.2) is 9.59 Å². The normalized spacial score (nSPS) is 39.4. The van der Waals surface area contributed by atoms with E-state index in [1.54, 1.807) is 6.92 Å². The number of hydrogen-bond donors (Lipinski definition) is 6. The van der Waals surface area contributed by atoms with Gasteiger partial charge in [0.25, 0.3) is 0 Å². The molecule has 4 rings (SSSR count). The summed E-state index contributed by atoms with van der Waals surface area (Å²) < 4.78 is 21.7. The van der Waals surface area contributed by atoms with Crippen LogP contribution in [0.3, 0.4) is 0 Å². The number of esters is 2. The van der Waals surface area contributed by atoms with E-state index in [-0.39, 0.29) is 119 Å². The van der Waals surface area contributed by atoms with Crippen molar-refractivity contribution >= 4 is 23.8 Å². The van der Waals surface area contributed by atoms with Gasteiger partial charge in [0.2, 0.25) is 0 Å². The fourth-order valence-electron chi connectivity index (χ4n) is 7.65. The van der Waals surface area contributed by atoms with Gasteiger partial charge in [0.1, 0.15) is 29.5 Å². The van der Waals surface area contributed by atoms with Crippen LogP contribution >= 0.6 is 0 Å². The summed E-state index contributed by atoms with van der Waals surface area (Å²) in [6.45, 7) is 9.76. The van der Waals surface area contributed by atoms with Crippen molar-refractivity contribution in [2.24, 2.45) is 16.7 Å². The summed E-state index contributed by atoms with van der Waals surface area (Å²) in [5, 5.41) is 60.4. The maximum atomic E-state index is 14.2. The summed E-state index contributed by atoms with van der Waals surface area (Å²) in [6, 6.07) is -1.14. The molecule has 248 valence electrons. The largest absolute Gasteiger partial charge is 0.459 e. The van der Waals surface area contributed by atoms with Crippen molar-refractivity contribution in [2.75, 3.05) is 13.2 Å². The molecule has 3 aliphatic carbocycles. The fourth-order valence-corrected chi connectivity index (χ4v) is 7.65. The number of amides is 1. The molecule has 1 saturated heterocycles. The molecule has 11 atom stereocenters.